The van der Waals surface area contributed by atoms with Gasteiger partial charge in [-0.05, 0) is 36.8 Å². The fraction of sp³-hybridized carbons (Fsp3) is 0.227. The number of aromatic nitrogens is 3. The Balaban J connectivity index is 1.30. The molecular formula is C22H21N5O3. The monoisotopic (exact) mass is 403 g/mol. The Bertz CT molecular complexity index is 1170. The molecule has 4 aromatic rings. The second kappa shape index (κ2) is 7.55. The quantitative estimate of drug-likeness (QED) is 0.545. The van der Waals surface area contributed by atoms with Crippen LogP contribution in [0.2, 0.25) is 0 Å². The summed E-state index contributed by atoms with van der Waals surface area (Å²) in [5, 5.41) is 17.0. The molecule has 0 aliphatic carbocycles. The van der Waals surface area contributed by atoms with Gasteiger partial charge in [0.15, 0.2) is 5.58 Å². The third-order valence-electron chi connectivity index (χ3n) is 5.32. The number of benzene rings is 2. The van der Waals surface area contributed by atoms with Crippen LogP contribution in [-0.2, 0) is 0 Å². The van der Waals surface area contributed by atoms with Gasteiger partial charge in [-0.2, -0.15) is 10.1 Å². The molecule has 1 saturated heterocycles. The molecule has 0 bridgehead atoms. The van der Waals surface area contributed by atoms with E-state index in [-0.39, 0.29) is 11.7 Å². The maximum absolute atomic E-state index is 13.0. The number of fused-ring (bicyclic) bond motifs is 1. The molecular weight excluding hydrogens is 382 g/mol. The molecule has 3 heterocycles. The summed E-state index contributed by atoms with van der Waals surface area (Å²) < 4.78 is 5.88. The molecule has 5 rings (SSSR count). The van der Waals surface area contributed by atoms with Crippen molar-refractivity contribution in [2.24, 2.45) is 0 Å². The van der Waals surface area contributed by atoms with Gasteiger partial charge in [0.2, 0.25) is 0 Å². The van der Waals surface area contributed by atoms with Crippen molar-refractivity contribution in [2.45, 2.75) is 6.42 Å². The maximum Gasteiger partial charge on any atom is 0.298 e. The molecule has 0 saturated carbocycles. The number of H-pyrrole nitrogens is 1. The Morgan fingerprint density at radius 3 is 2.73 bits per heavy atom. The molecule has 1 aliphatic heterocycles. The smallest absolute Gasteiger partial charge is 0.298 e. The average molecular weight is 403 g/mol. The van der Waals surface area contributed by atoms with Crippen LogP contribution in [0.4, 0.5) is 6.01 Å². The summed E-state index contributed by atoms with van der Waals surface area (Å²) in [5.74, 6) is 0.0235. The Morgan fingerprint density at radius 2 is 1.87 bits per heavy atom. The van der Waals surface area contributed by atoms with Gasteiger partial charge in [-0.3, -0.25) is 9.89 Å². The molecule has 0 spiro atoms. The highest BCUT2D eigenvalue weighted by molar-refractivity contribution is 5.93. The number of phenolic OH excluding ortho intramolecular Hbond substituents is 1. The van der Waals surface area contributed by atoms with Crippen molar-refractivity contribution < 1.29 is 14.3 Å². The van der Waals surface area contributed by atoms with E-state index in [4.69, 9.17) is 4.42 Å². The van der Waals surface area contributed by atoms with Gasteiger partial charge in [0.1, 0.15) is 17.0 Å². The van der Waals surface area contributed by atoms with Gasteiger partial charge in [0.25, 0.3) is 11.9 Å². The first-order chi connectivity index (χ1) is 14.7. The minimum absolute atomic E-state index is 0.108. The lowest BCUT2D eigenvalue weighted by atomic mass is 10.1. The fourth-order valence-electron chi connectivity index (χ4n) is 3.74. The molecule has 0 radical (unpaired) electrons. The number of nitrogens with one attached hydrogen (secondary N) is 1. The first kappa shape index (κ1) is 18.2. The van der Waals surface area contributed by atoms with Gasteiger partial charge in [0.05, 0.1) is 5.69 Å². The lowest BCUT2D eigenvalue weighted by Crippen LogP contribution is -2.35. The molecule has 2 N–H and O–H groups in total. The van der Waals surface area contributed by atoms with Crippen LogP contribution in [0.15, 0.2) is 59.0 Å². The largest absolute Gasteiger partial charge is 0.507 e. The van der Waals surface area contributed by atoms with Crippen molar-refractivity contribution in [3.63, 3.8) is 0 Å². The minimum atomic E-state index is -0.108. The molecule has 1 fully saturated rings. The zero-order valence-corrected chi connectivity index (χ0v) is 16.3. The van der Waals surface area contributed by atoms with Crippen molar-refractivity contribution in [3.8, 4) is 17.0 Å². The number of aromatic hydroxyl groups is 1. The van der Waals surface area contributed by atoms with E-state index in [2.05, 4.69) is 20.1 Å². The van der Waals surface area contributed by atoms with Gasteiger partial charge in [0, 0.05) is 31.7 Å². The highest BCUT2D eigenvalue weighted by Crippen LogP contribution is 2.28. The van der Waals surface area contributed by atoms with Crippen LogP contribution >= 0.6 is 0 Å². The van der Waals surface area contributed by atoms with Crippen molar-refractivity contribution in [1.29, 1.82) is 0 Å². The maximum atomic E-state index is 13.0. The molecule has 1 aliphatic rings. The van der Waals surface area contributed by atoms with E-state index in [1.165, 1.54) is 0 Å². The van der Waals surface area contributed by atoms with Crippen molar-refractivity contribution >= 4 is 23.0 Å². The Hall–Kier alpha value is -3.81. The van der Waals surface area contributed by atoms with Crippen molar-refractivity contribution in [3.05, 3.63) is 60.3 Å². The van der Waals surface area contributed by atoms with E-state index in [0.29, 0.717) is 42.6 Å². The van der Waals surface area contributed by atoms with E-state index < -0.39 is 0 Å². The summed E-state index contributed by atoms with van der Waals surface area (Å²) in [5.41, 5.74) is 3.13. The molecule has 0 atom stereocenters. The van der Waals surface area contributed by atoms with E-state index in [0.717, 1.165) is 24.1 Å². The summed E-state index contributed by atoms with van der Waals surface area (Å²) >= 11 is 0. The SMILES string of the molecule is O=C(c1cc(-c2ccccc2O)n[nH]1)N1CCCN(c2nc3ccccc3o2)CC1. The molecule has 30 heavy (non-hydrogen) atoms. The number of anilines is 1. The number of amides is 1. The number of hydrogen-bond acceptors (Lipinski definition) is 6. The average Bonchev–Trinajstić information content (AvgIpc) is 3.35. The van der Waals surface area contributed by atoms with Crippen LogP contribution in [0.3, 0.4) is 0 Å². The number of nitrogens with zero attached hydrogens (tertiary/aromatic N) is 4. The van der Waals surface area contributed by atoms with Gasteiger partial charge < -0.3 is 19.3 Å². The summed E-state index contributed by atoms with van der Waals surface area (Å²) in [6.07, 6.45) is 0.810. The van der Waals surface area contributed by atoms with E-state index in [9.17, 15) is 9.90 Å². The lowest BCUT2D eigenvalue weighted by Gasteiger charge is -2.20. The first-order valence-corrected chi connectivity index (χ1v) is 9.92. The van der Waals surface area contributed by atoms with Gasteiger partial charge in [-0.1, -0.05) is 24.3 Å². The van der Waals surface area contributed by atoms with Gasteiger partial charge in [-0.15, -0.1) is 0 Å². The van der Waals surface area contributed by atoms with E-state index in [1.54, 1.807) is 24.3 Å². The van der Waals surface area contributed by atoms with Gasteiger partial charge >= 0.3 is 0 Å². The predicted octanol–water partition coefficient (Wildman–Crippen LogP) is 3.28. The predicted molar refractivity (Wildman–Crippen MR) is 112 cm³/mol. The summed E-state index contributed by atoms with van der Waals surface area (Å²) in [6.45, 7) is 2.60. The minimum Gasteiger partial charge on any atom is -0.507 e. The molecule has 0 unspecified atom stereocenters. The van der Waals surface area contributed by atoms with Crippen LogP contribution in [0, 0.1) is 0 Å². The second-order valence-electron chi connectivity index (χ2n) is 7.28. The topological polar surface area (TPSA) is 98.5 Å². The number of aromatic amines is 1. The molecule has 8 nitrogen and oxygen atoms in total. The van der Waals surface area contributed by atoms with E-state index >= 15 is 0 Å². The number of carbonyl (C=O) groups is 1. The van der Waals surface area contributed by atoms with E-state index in [1.807, 2.05) is 35.2 Å². The first-order valence-electron chi connectivity index (χ1n) is 9.92. The molecule has 8 heteroatoms. The third kappa shape index (κ3) is 3.36. The number of carbonyl (C=O) groups excluding carboxylic acids is 1. The van der Waals surface area contributed by atoms with Crippen LogP contribution < -0.4 is 4.90 Å². The Morgan fingerprint density at radius 1 is 1.03 bits per heavy atom. The van der Waals surface area contributed by atoms with Crippen LogP contribution in [-0.4, -0.2) is 57.3 Å². The number of phenols is 1. The zero-order chi connectivity index (χ0) is 20.5. The third-order valence-corrected chi connectivity index (χ3v) is 5.32. The molecule has 2 aromatic heterocycles. The normalized spacial score (nSPS) is 14.8. The number of hydrogen-bond donors (Lipinski definition) is 2. The molecule has 2 aromatic carbocycles. The van der Waals surface area contributed by atoms with Crippen LogP contribution in [0.25, 0.3) is 22.4 Å². The fourth-order valence-corrected chi connectivity index (χ4v) is 3.74. The number of oxazole rings is 1. The van der Waals surface area contributed by atoms with Crippen LogP contribution in [0.1, 0.15) is 16.9 Å². The van der Waals surface area contributed by atoms with Crippen molar-refractivity contribution in [2.75, 3.05) is 31.1 Å². The Labute approximate surface area is 172 Å². The lowest BCUT2D eigenvalue weighted by molar-refractivity contribution is 0.0761. The summed E-state index contributed by atoms with van der Waals surface area (Å²) in [4.78, 5) is 21.5. The zero-order valence-electron chi connectivity index (χ0n) is 16.3. The van der Waals surface area contributed by atoms with Crippen molar-refractivity contribution in [1.82, 2.24) is 20.1 Å². The molecule has 152 valence electrons. The summed E-state index contributed by atoms with van der Waals surface area (Å²) in [6, 6.07) is 16.9. The van der Waals surface area contributed by atoms with Crippen LogP contribution in [0.5, 0.6) is 5.75 Å². The molecule has 1 amide bonds. The number of rotatable bonds is 3. The highest BCUT2D eigenvalue weighted by Gasteiger charge is 2.24. The number of para-hydroxylation sites is 3. The van der Waals surface area contributed by atoms with Gasteiger partial charge in [-0.25, -0.2) is 0 Å². The highest BCUT2D eigenvalue weighted by atomic mass is 16.4. The second-order valence-corrected chi connectivity index (χ2v) is 7.28. The standard InChI is InChI=1S/C22H21N5O3/c28-19-8-3-1-6-15(19)17-14-18(25-24-17)21(29)26-10-5-11-27(13-12-26)22-23-16-7-2-4-9-20(16)30-22/h1-4,6-9,14,28H,5,10-13H2,(H,24,25). The summed E-state index contributed by atoms with van der Waals surface area (Å²) in [7, 11) is 0. The Kier molecular flexibility index (Phi) is 4.59.